The van der Waals surface area contributed by atoms with Gasteiger partial charge in [0, 0.05) is 41.6 Å². The molecule has 198 valence electrons. The minimum absolute atomic E-state index is 0.127. The highest BCUT2D eigenvalue weighted by molar-refractivity contribution is 7.80. The van der Waals surface area contributed by atoms with Crippen LogP contribution in [0.4, 0.5) is 11.4 Å². The molecule has 2 N–H and O–H groups in total. The third kappa shape index (κ3) is 5.00. The van der Waals surface area contributed by atoms with Gasteiger partial charge in [0.15, 0.2) is 5.11 Å². The zero-order chi connectivity index (χ0) is 27.7. The van der Waals surface area contributed by atoms with Crippen LogP contribution < -0.4 is 15.5 Å². The van der Waals surface area contributed by atoms with Crippen molar-refractivity contribution >= 4 is 40.6 Å². The number of pyridine rings is 1. The van der Waals surface area contributed by atoms with Gasteiger partial charge in [-0.05, 0) is 92.3 Å². The van der Waals surface area contributed by atoms with E-state index < -0.39 is 0 Å². The smallest absolute Gasteiger partial charge is 0.337 e. The van der Waals surface area contributed by atoms with Gasteiger partial charge in [-0.1, -0.05) is 12.1 Å². The second-order valence-electron chi connectivity index (χ2n) is 9.43. The number of methoxy groups -OCH3 is 1. The highest BCUT2D eigenvalue weighted by Crippen LogP contribution is 2.44. The van der Waals surface area contributed by atoms with E-state index >= 15 is 0 Å². The first-order chi connectivity index (χ1) is 18.8. The monoisotopic (exact) mass is 539 g/mol. The Bertz CT molecular complexity index is 1550. The number of hydrogen-bond acceptors (Lipinski definition) is 5. The molecule has 5 rings (SSSR count). The molecule has 1 amide bonds. The summed E-state index contributed by atoms with van der Waals surface area (Å²) in [6, 6.07) is 22.7. The highest BCUT2D eigenvalue weighted by atomic mass is 32.1. The van der Waals surface area contributed by atoms with Crippen LogP contribution in [0.15, 0.2) is 79.0 Å². The van der Waals surface area contributed by atoms with Crippen LogP contribution >= 0.6 is 12.2 Å². The minimum Gasteiger partial charge on any atom is -0.465 e. The van der Waals surface area contributed by atoms with Crippen molar-refractivity contribution in [2.45, 2.75) is 32.9 Å². The summed E-state index contributed by atoms with van der Waals surface area (Å²) < 4.78 is 7.07. The van der Waals surface area contributed by atoms with Gasteiger partial charge < -0.3 is 24.8 Å². The van der Waals surface area contributed by atoms with Crippen molar-refractivity contribution in [2.24, 2.45) is 0 Å². The molecule has 9 heteroatoms. The number of nitrogens with one attached hydrogen (secondary N) is 2. The van der Waals surface area contributed by atoms with Gasteiger partial charge in [-0.25, -0.2) is 4.79 Å². The summed E-state index contributed by atoms with van der Waals surface area (Å²) in [6.45, 7) is 5.60. The maximum absolute atomic E-state index is 12.2. The number of thiocarbonyl (C=S) groups is 1. The van der Waals surface area contributed by atoms with Crippen LogP contribution in [-0.2, 0) is 9.53 Å². The average molecular weight is 540 g/mol. The van der Waals surface area contributed by atoms with E-state index in [1.165, 1.54) is 14.0 Å². The second-order valence-corrected chi connectivity index (χ2v) is 9.82. The van der Waals surface area contributed by atoms with Gasteiger partial charge in [0.25, 0.3) is 0 Å². The molecule has 39 heavy (non-hydrogen) atoms. The normalized spacial score (nSPS) is 16.6. The molecule has 1 saturated heterocycles. The Kier molecular flexibility index (Phi) is 7.17. The maximum atomic E-state index is 12.2. The molecule has 1 aliphatic rings. The van der Waals surface area contributed by atoms with Gasteiger partial charge >= 0.3 is 5.97 Å². The lowest BCUT2D eigenvalue weighted by Gasteiger charge is -2.28. The fourth-order valence-corrected chi connectivity index (χ4v) is 5.58. The zero-order valence-electron chi connectivity index (χ0n) is 22.1. The topological polar surface area (TPSA) is 88.5 Å². The lowest BCUT2D eigenvalue weighted by Crippen LogP contribution is -2.29. The van der Waals surface area contributed by atoms with Crippen molar-refractivity contribution < 1.29 is 14.3 Å². The number of benzene rings is 2. The number of aromatic nitrogens is 2. The van der Waals surface area contributed by atoms with Crippen LogP contribution in [0.5, 0.6) is 0 Å². The van der Waals surface area contributed by atoms with Gasteiger partial charge in [0.1, 0.15) is 0 Å². The average Bonchev–Trinajstić information content (AvgIpc) is 3.43. The first-order valence-electron chi connectivity index (χ1n) is 12.5. The molecular weight excluding hydrogens is 510 g/mol. The van der Waals surface area contributed by atoms with Crippen LogP contribution in [0, 0.1) is 13.8 Å². The molecule has 0 unspecified atom stereocenters. The molecule has 8 nitrogen and oxygen atoms in total. The van der Waals surface area contributed by atoms with E-state index in [1.807, 2.05) is 67.6 Å². The molecule has 0 aliphatic carbocycles. The number of anilines is 2. The summed E-state index contributed by atoms with van der Waals surface area (Å²) in [5.74, 6) is -0.508. The summed E-state index contributed by atoms with van der Waals surface area (Å²) in [5, 5.41) is 6.89. The zero-order valence-corrected chi connectivity index (χ0v) is 23.0. The number of hydrogen-bond donors (Lipinski definition) is 2. The van der Waals surface area contributed by atoms with Crippen LogP contribution in [-0.4, -0.2) is 33.6 Å². The van der Waals surface area contributed by atoms with Gasteiger partial charge in [-0.2, -0.15) is 0 Å². The number of rotatable bonds is 6. The Labute approximate surface area is 232 Å². The van der Waals surface area contributed by atoms with Crippen LogP contribution in [0.25, 0.3) is 5.69 Å². The van der Waals surface area contributed by atoms with Gasteiger partial charge in [-0.15, -0.1) is 0 Å². The van der Waals surface area contributed by atoms with Crippen molar-refractivity contribution in [2.75, 3.05) is 17.3 Å². The molecule has 3 heterocycles. The maximum Gasteiger partial charge on any atom is 0.337 e. The largest absolute Gasteiger partial charge is 0.465 e. The highest BCUT2D eigenvalue weighted by Gasteiger charge is 2.42. The van der Waals surface area contributed by atoms with E-state index in [0.29, 0.717) is 16.4 Å². The number of aryl methyl sites for hydroxylation is 1. The molecule has 0 radical (unpaired) electrons. The molecule has 0 spiro atoms. The standard InChI is InChI=1S/C30H29N5O3S/c1-18-16-25(19(2)34(18)24-9-7-8-21(17-24)29(37)38-4)28-27(26-10-5-6-15-31-26)33-30(39)35(28)23-13-11-22(12-14-23)32-20(3)36/h5-17,27-28H,1-4H3,(H,32,36)(H,33,39)/t27-,28-/m0/s1. The molecule has 1 fully saturated rings. The third-order valence-corrected chi connectivity index (χ3v) is 7.19. The lowest BCUT2D eigenvalue weighted by molar-refractivity contribution is -0.114. The summed E-state index contributed by atoms with van der Waals surface area (Å²) in [5.41, 5.74) is 6.95. The van der Waals surface area contributed by atoms with E-state index in [-0.39, 0.29) is 24.0 Å². The van der Waals surface area contributed by atoms with Crippen molar-refractivity contribution in [1.82, 2.24) is 14.9 Å². The van der Waals surface area contributed by atoms with Crippen LogP contribution in [0.1, 0.15) is 52.0 Å². The molecule has 1 aliphatic heterocycles. The number of carbonyl (C=O) groups is 2. The van der Waals surface area contributed by atoms with Gasteiger partial charge in [0.05, 0.1) is 30.5 Å². The molecule has 2 aromatic heterocycles. The predicted molar refractivity (Wildman–Crippen MR) is 155 cm³/mol. The first kappa shape index (κ1) is 26.1. The number of amides is 1. The fraction of sp³-hybridized carbons (Fsp3) is 0.200. The summed E-state index contributed by atoms with van der Waals surface area (Å²) >= 11 is 5.87. The number of ether oxygens (including phenoxy) is 1. The van der Waals surface area contributed by atoms with Crippen molar-refractivity contribution in [3.05, 3.63) is 107 Å². The fourth-order valence-electron chi connectivity index (χ4n) is 5.23. The predicted octanol–water partition coefficient (Wildman–Crippen LogP) is 5.41. The van der Waals surface area contributed by atoms with E-state index in [2.05, 4.69) is 38.1 Å². The molecule has 4 aromatic rings. The molecular formula is C30H29N5O3S. The van der Waals surface area contributed by atoms with Crippen molar-refractivity contribution in [3.8, 4) is 5.69 Å². The molecule has 0 saturated carbocycles. The van der Waals surface area contributed by atoms with E-state index in [0.717, 1.165) is 34.0 Å². The number of carbonyl (C=O) groups excluding carboxylic acids is 2. The minimum atomic E-state index is -0.381. The van der Waals surface area contributed by atoms with Crippen molar-refractivity contribution in [3.63, 3.8) is 0 Å². The number of esters is 1. The molecule has 2 atom stereocenters. The quantitative estimate of drug-likeness (QED) is 0.250. The van der Waals surface area contributed by atoms with Crippen LogP contribution in [0.2, 0.25) is 0 Å². The van der Waals surface area contributed by atoms with E-state index in [4.69, 9.17) is 17.0 Å². The van der Waals surface area contributed by atoms with Gasteiger partial charge in [-0.3, -0.25) is 9.78 Å². The third-order valence-electron chi connectivity index (χ3n) is 6.88. The summed E-state index contributed by atoms with van der Waals surface area (Å²) in [6.07, 6.45) is 1.78. The lowest BCUT2D eigenvalue weighted by atomic mass is 9.96. The van der Waals surface area contributed by atoms with Crippen LogP contribution in [0.3, 0.4) is 0 Å². The molecule has 2 aromatic carbocycles. The Hall–Kier alpha value is -4.50. The van der Waals surface area contributed by atoms with E-state index in [1.54, 1.807) is 12.3 Å². The Morgan fingerprint density at radius 1 is 1.00 bits per heavy atom. The summed E-state index contributed by atoms with van der Waals surface area (Å²) in [7, 11) is 1.38. The van der Waals surface area contributed by atoms with E-state index in [9.17, 15) is 9.59 Å². The SMILES string of the molecule is COC(=O)c1cccc(-n2c(C)cc([C@H]3[C@H](c4ccccn4)NC(=S)N3c3ccc(NC(C)=O)cc3)c2C)c1. The molecule has 0 bridgehead atoms. The van der Waals surface area contributed by atoms with Crippen molar-refractivity contribution in [1.29, 1.82) is 0 Å². The Morgan fingerprint density at radius 2 is 1.77 bits per heavy atom. The summed E-state index contributed by atoms with van der Waals surface area (Å²) in [4.78, 5) is 30.5. The number of nitrogens with zero attached hydrogens (tertiary/aromatic N) is 3. The van der Waals surface area contributed by atoms with Gasteiger partial charge in [0.2, 0.25) is 5.91 Å². The Morgan fingerprint density at radius 3 is 2.44 bits per heavy atom. The first-order valence-corrected chi connectivity index (χ1v) is 12.9. The second kappa shape index (κ2) is 10.7. The Balaban J connectivity index is 1.62.